The predicted octanol–water partition coefficient (Wildman–Crippen LogP) is -0.547. The number of ether oxygens (including phenoxy) is 2. The molecule has 1 N–H and O–H groups in total. The minimum Gasteiger partial charge on any atom is -0.336 e. The third-order valence-electron chi connectivity index (χ3n) is 0.963. The number of hydrogen-bond acceptors (Lipinski definition) is 3. The molecule has 1 aliphatic rings. The number of rotatable bonds is 2. The molecule has 1 heterocycles. The summed E-state index contributed by atoms with van der Waals surface area (Å²) in [7, 11) is 0. The Labute approximate surface area is 53.1 Å². The second-order valence-electron chi connectivity index (χ2n) is 1.67. The molecule has 4 nitrogen and oxygen atoms in total. The summed E-state index contributed by atoms with van der Waals surface area (Å²) in [4.78, 5) is 10.4. The number of carbonyl (C=O) groups excluding carboxylic acids is 1. The quantitative estimate of drug-likeness (QED) is 0.547. The summed E-state index contributed by atoms with van der Waals surface area (Å²) in [5.74, 6) is -0.117. The van der Waals surface area contributed by atoms with E-state index >= 15 is 0 Å². The molecule has 0 radical (unpaired) electrons. The largest absolute Gasteiger partial charge is 0.336 e. The number of hydrogen-bond donors (Lipinski definition) is 1. The number of carbonyl (C=O) groups is 1. The van der Waals surface area contributed by atoms with Crippen molar-refractivity contribution >= 4 is 5.91 Å². The smallest absolute Gasteiger partial charge is 0.250 e. The van der Waals surface area contributed by atoms with Gasteiger partial charge in [0.15, 0.2) is 0 Å². The molecule has 1 fully saturated rings. The molecule has 1 rings (SSSR count). The fourth-order valence-electron chi connectivity index (χ4n) is 0.607. The third-order valence-corrected chi connectivity index (χ3v) is 0.963. The van der Waals surface area contributed by atoms with Crippen LogP contribution in [0.3, 0.4) is 0 Å². The Morgan fingerprint density at radius 2 is 2.78 bits per heavy atom. The molecule has 9 heavy (non-hydrogen) atoms. The SMILES string of the molecule is CCOC1NC(=O)CO1. The lowest BCUT2D eigenvalue weighted by molar-refractivity contribution is -0.120. The van der Waals surface area contributed by atoms with Gasteiger partial charge in [0.25, 0.3) is 0 Å². The summed E-state index contributed by atoms with van der Waals surface area (Å²) in [6.07, 6.45) is -0.512. The standard InChI is InChI=1S/C5H9NO3/c1-2-8-5-6-4(7)3-9-5/h5H,2-3H2,1H3,(H,6,7). The van der Waals surface area contributed by atoms with Gasteiger partial charge in [0.05, 0.1) is 0 Å². The molecule has 1 atom stereocenters. The molecular formula is C5H9NO3. The highest BCUT2D eigenvalue weighted by Crippen LogP contribution is 1.96. The molecule has 0 aromatic rings. The van der Waals surface area contributed by atoms with Gasteiger partial charge in [-0.2, -0.15) is 0 Å². The second kappa shape index (κ2) is 2.80. The molecule has 52 valence electrons. The first-order chi connectivity index (χ1) is 4.33. The van der Waals surface area contributed by atoms with E-state index < -0.39 is 6.41 Å². The Bertz CT molecular complexity index is 115. The van der Waals surface area contributed by atoms with E-state index in [0.717, 1.165) is 0 Å². The summed E-state index contributed by atoms with van der Waals surface area (Å²) in [5.41, 5.74) is 0. The van der Waals surface area contributed by atoms with Gasteiger partial charge in [-0.05, 0) is 6.92 Å². The van der Waals surface area contributed by atoms with E-state index in [1.54, 1.807) is 0 Å². The first kappa shape index (κ1) is 6.51. The summed E-state index contributed by atoms with van der Waals surface area (Å²) >= 11 is 0. The van der Waals surface area contributed by atoms with Crippen molar-refractivity contribution in [2.45, 2.75) is 13.3 Å². The monoisotopic (exact) mass is 131 g/mol. The normalized spacial score (nSPS) is 26.3. The fourth-order valence-corrected chi connectivity index (χ4v) is 0.607. The van der Waals surface area contributed by atoms with Crippen molar-refractivity contribution in [1.29, 1.82) is 0 Å². The lowest BCUT2D eigenvalue weighted by Gasteiger charge is -2.06. The van der Waals surface area contributed by atoms with Crippen LogP contribution in [0.25, 0.3) is 0 Å². The maximum Gasteiger partial charge on any atom is 0.250 e. The van der Waals surface area contributed by atoms with Crippen LogP contribution < -0.4 is 5.32 Å². The average Bonchev–Trinajstić information content (AvgIpc) is 2.17. The molecule has 1 aliphatic heterocycles. The van der Waals surface area contributed by atoms with Crippen LogP contribution >= 0.6 is 0 Å². The minimum absolute atomic E-state index is 0.116. The van der Waals surface area contributed by atoms with Crippen LogP contribution in [0.15, 0.2) is 0 Å². The minimum atomic E-state index is -0.512. The Kier molecular flexibility index (Phi) is 2.02. The van der Waals surface area contributed by atoms with Crippen LogP contribution in [0, 0.1) is 0 Å². The highest BCUT2D eigenvalue weighted by atomic mass is 16.7. The summed E-state index contributed by atoms with van der Waals surface area (Å²) < 4.78 is 9.74. The van der Waals surface area contributed by atoms with Crippen molar-refractivity contribution < 1.29 is 14.3 Å². The van der Waals surface area contributed by atoms with Gasteiger partial charge in [-0.3, -0.25) is 4.79 Å². The molecule has 4 heteroatoms. The molecular weight excluding hydrogens is 122 g/mol. The molecule has 1 amide bonds. The van der Waals surface area contributed by atoms with E-state index in [1.807, 2.05) is 6.92 Å². The van der Waals surface area contributed by atoms with Crippen LogP contribution in [-0.2, 0) is 14.3 Å². The van der Waals surface area contributed by atoms with Crippen LogP contribution in [0.2, 0.25) is 0 Å². The Morgan fingerprint density at radius 1 is 2.00 bits per heavy atom. The van der Waals surface area contributed by atoms with Gasteiger partial charge in [-0.25, -0.2) is 0 Å². The molecule has 0 aromatic heterocycles. The first-order valence-corrected chi connectivity index (χ1v) is 2.85. The van der Waals surface area contributed by atoms with Crippen molar-refractivity contribution in [3.05, 3.63) is 0 Å². The summed E-state index contributed by atoms with van der Waals surface area (Å²) in [6.45, 7) is 2.50. The van der Waals surface area contributed by atoms with E-state index in [-0.39, 0.29) is 12.5 Å². The summed E-state index contributed by atoms with van der Waals surface area (Å²) in [5, 5.41) is 2.47. The summed E-state index contributed by atoms with van der Waals surface area (Å²) in [6, 6.07) is 0. The van der Waals surface area contributed by atoms with Gasteiger partial charge in [-0.15, -0.1) is 0 Å². The van der Waals surface area contributed by atoms with Gasteiger partial charge in [0, 0.05) is 6.61 Å². The highest BCUT2D eigenvalue weighted by Gasteiger charge is 2.20. The van der Waals surface area contributed by atoms with Gasteiger partial charge >= 0.3 is 0 Å². The maximum atomic E-state index is 10.4. The van der Waals surface area contributed by atoms with E-state index in [2.05, 4.69) is 5.32 Å². The molecule has 0 spiro atoms. The van der Waals surface area contributed by atoms with E-state index in [0.29, 0.717) is 6.61 Å². The predicted molar refractivity (Wildman–Crippen MR) is 29.5 cm³/mol. The van der Waals surface area contributed by atoms with Crippen molar-refractivity contribution in [2.75, 3.05) is 13.2 Å². The molecule has 1 saturated heterocycles. The first-order valence-electron chi connectivity index (χ1n) is 2.85. The van der Waals surface area contributed by atoms with Crippen LogP contribution in [0.4, 0.5) is 0 Å². The average molecular weight is 131 g/mol. The van der Waals surface area contributed by atoms with Gasteiger partial charge in [-0.1, -0.05) is 0 Å². The lowest BCUT2D eigenvalue weighted by atomic mass is 10.7. The van der Waals surface area contributed by atoms with Gasteiger partial charge in [0.1, 0.15) is 6.61 Å². The van der Waals surface area contributed by atoms with Crippen LogP contribution in [-0.4, -0.2) is 25.5 Å². The van der Waals surface area contributed by atoms with Gasteiger partial charge < -0.3 is 14.8 Å². The van der Waals surface area contributed by atoms with Gasteiger partial charge in [0.2, 0.25) is 12.3 Å². The zero-order chi connectivity index (χ0) is 6.69. The van der Waals surface area contributed by atoms with Crippen LogP contribution in [0.1, 0.15) is 6.92 Å². The topological polar surface area (TPSA) is 47.6 Å². The Hall–Kier alpha value is -0.610. The molecule has 0 bridgehead atoms. The van der Waals surface area contributed by atoms with E-state index in [1.165, 1.54) is 0 Å². The van der Waals surface area contributed by atoms with E-state index in [4.69, 9.17) is 9.47 Å². The third kappa shape index (κ3) is 1.65. The van der Waals surface area contributed by atoms with Crippen LogP contribution in [0.5, 0.6) is 0 Å². The number of nitrogens with one attached hydrogen (secondary N) is 1. The van der Waals surface area contributed by atoms with Crippen molar-refractivity contribution in [1.82, 2.24) is 5.32 Å². The van der Waals surface area contributed by atoms with Crippen molar-refractivity contribution in [3.63, 3.8) is 0 Å². The fraction of sp³-hybridized carbons (Fsp3) is 0.800. The zero-order valence-corrected chi connectivity index (χ0v) is 5.22. The zero-order valence-electron chi connectivity index (χ0n) is 5.22. The highest BCUT2D eigenvalue weighted by molar-refractivity contribution is 5.78. The Morgan fingerprint density at radius 3 is 3.22 bits per heavy atom. The van der Waals surface area contributed by atoms with Crippen molar-refractivity contribution in [2.24, 2.45) is 0 Å². The Balaban J connectivity index is 2.22. The lowest BCUT2D eigenvalue weighted by Crippen LogP contribution is -2.28. The van der Waals surface area contributed by atoms with E-state index in [9.17, 15) is 4.79 Å². The maximum absolute atomic E-state index is 10.4. The van der Waals surface area contributed by atoms with Crippen molar-refractivity contribution in [3.8, 4) is 0 Å². The molecule has 0 aromatic carbocycles. The number of amides is 1. The molecule has 0 aliphatic carbocycles. The molecule has 1 unspecified atom stereocenters. The second-order valence-corrected chi connectivity index (χ2v) is 1.67. The molecule has 0 saturated carbocycles.